The van der Waals surface area contributed by atoms with Gasteiger partial charge in [0.2, 0.25) is 0 Å². The molecule has 0 unspecified atom stereocenters. The average Bonchev–Trinajstić information content (AvgIpc) is 3.12. The fraction of sp³-hybridized carbons (Fsp3) is 0.250. The Bertz CT molecular complexity index is 961. The van der Waals surface area contributed by atoms with E-state index in [-0.39, 0.29) is 17.8 Å². The molecule has 0 amide bonds. The molecule has 1 fully saturated rings. The number of hydrogen-bond donors (Lipinski definition) is 0. The van der Waals surface area contributed by atoms with Gasteiger partial charge in [-0.25, -0.2) is 8.78 Å². The molecule has 3 aromatic rings. The minimum absolute atomic E-state index is 0.188. The van der Waals surface area contributed by atoms with Crippen LogP contribution >= 0.6 is 0 Å². The molecule has 1 heterocycles. The van der Waals surface area contributed by atoms with Crippen LogP contribution in [0.1, 0.15) is 22.9 Å². The van der Waals surface area contributed by atoms with Crippen molar-refractivity contribution in [2.75, 3.05) is 20.2 Å². The second-order valence-electron chi connectivity index (χ2n) is 7.31. The Kier molecular flexibility index (Phi) is 5.88. The standard InChI is InChI=1S/C24H24F2N2O/c1-29-21-6-4-5-19(15-21)17-28-14-13-27(16-18-9-11-20(25)12-10-18)24(28)22-7-2-3-8-23(22)26/h2-12,15,24H,13-14,16-17H2,1H3/t24-/m0/s1. The maximum atomic E-state index is 14.7. The fourth-order valence-corrected chi connectivity index (χ4v) is 3.97. The van der Waals surface area contributed by atoms with Crippen LogP contribution in [0.3, 0.4) is 0 Å². The van der Waals surface area contributed by atoms with E-state index in [1.807, 2.05) is 30.3 Å². The zero-order valence-electron chi connectivity index (χ0n) is 16.4. The smallest absolute Gasteiger partial charge is 0.129 e. The first-order chi connectivity index (χ1) is 14.1. The van der Waals surface area contributed by atoms with E-state index in [9.17, 15) is 8.78 Å². The Balaban J connectivity index is 1.62. The molecule has 0 N–H and O–H groups in total. The van der Waals surface area contributed by atoms with Gasteiger partial charge in [-0.1, -0.05) is 42.5 Å². The zero-order valence-corrected chi connectivity index (χ0v) is 16.4. The highest BCUT2D eigenvalue weighted by Gasteiger charge is 2.34. The van der Waals surface area contributed by atoms with Crippen molar-refractivity contribution in [3.63, 3.8) is 0 Å². The normalized spacial score (nSPS) is 17.6. The predicted octanol–water partition coefficient (Wildman–Crippen LogP) is 4.99. The van der Waals surface area contributed by atoms with Gasteiger partial charge in [-0.2, -0.15) is 0 Å². The minimum atomic E-state index is -0.250. The lowest BCUT2D eigenvalue weighted by Gasteiger charge is -2.31. The maximum absolute atomic E-state index is 14.7. The third-order valence-electron chi connectivity index (χ3n) is 5.37. The molecule has 0 radical (unpaired) electrons. The van der Waals surface area contributed by atoms with Crippen LogP contribution in [-0.4, -0.2) is 30.0 Å². The van der Waals surface area contributed by atoms with Crippen molar-refractivity contribution >= 4 is 0 Å². The van der Waals surface area contributed by atoms with Gasteiger partial charge >= 0.3 is 0 Å². The Hall–Kier alpha value is -2.76. The molecular formula is C24H24F2N2O. The third-order valence-corrected chi connectivity index (χ3v) is 5.37. The largest absolute Gasteiger partial charge is 0.497 e. The SMILES string of the molecule is COc1cccc(CN2CCN(Cc3ccc(F)cc3)[C@@H]2c2ccccc2F)c1. The first-order valence-electron chi connectivity index (χ1n) is 9.74. The van der Waals surface area contributed by atoms with E-state index in [0.717, 1.165) is 30.0 Å². The summed E-state index contributed by atoms with van der Waals surface area (Å²) in [5.41, 5.74) is 2.79. The summed E-state index contributed by atoms with van der Waals surface area (Å²) in [4.78, 5) is 4.52. The Morgan fingerprint density at radius 1 is 0.828 bits per heavy atom. The van der Waals surface area contributed by atoms with E-state index in [4.69, 9.17) is 4.74 Å². The van der Waals surface area contributed by atoms with Crippen molar-refractivity contribution in [1.29, 1.82) is 0 Å². The van der Waals surface area contributed by atoms with Crippen LogP contribution in [0.4, 0.5) is 8.78 Å². The summed E-state index contributed by atoms with van der Waals surface area (Å²) in [6.07, 6.45) is -0.188. The van der Waals surface area contributed by atoms with Gasteiger partial charge in [0.1, 0.15) is 17.4 Å². The number of ether oxygens (including phenoxy) is 1. The van der Waals surface area contributed by atoms with Crippen molar-refractivity contribution < 1.29 is 13.5 Å². The van der Waals surface area contributed by atoms with Crippen molar-refractivity contribution in [3.05, 3.63) is 101 Å². The molecule has 0 saturated carbocycles. The second-order valence-corrected chi connectivity index (χ2v) is 7.31. The molecule has 150 valence electrons. The minimum Gasteiger partial charge on any atom is -0.497 e. The van der Waals surface area contributed by atoms with Gasteiger partial charge in [-0.3, -0.25) is 9.80 Å². The van der Waals surface area contributed by atoms with E-state index in [0.29, 0.717) is 18.7 Å². The monoisotopic (exact) mass is 394 g/mol. The maximum Gasteiger partial charge on any atom is 0.129 e. The van der Waals surface area contributed by atoms with Gasteiger partial charge in [0, 0.05) is 31.7 Å². The fourth-order valence-electron chi connectivity index (χ4n) is 3.97. The lowest BCUT2D eigenvalue weighted by molar-refractivity contribution is 0.122. The van der Waals surface area contributed by atoms with Gasteiger partial charge in [0.15, 0.2) is 0 Å². The van der Waals surface area contributed by atoms with Crippen LogP contribution in [0.2, 0.25) is 0 Å². The number of nitrogens with zero attached hydrogens (tertiary/aromatic N) is 2. The van der Waals surface area contributed by atoms with E-state index >= 15 is 0 Å². The highest BCUT2D eigenvalue weighted by Crippen LogP contribution is 2.34. The van der Waals surface area contributed by atoms with Crippen LogP contribution in [-0.2, 0) is 13.1 Å². The molecule has 1 saturated heterocycles. The quantitative estimate of drug-likeness (QED) is 0.586. The summed E-state index contributed by atoms with van der Waals surface area (Å²) in [7, 11) is 1.65. The van der Waals surface area contributed by atoms with Crippen LogP contribution in [0.25, 0.3) is 0 Å². The van der Waals surface area contributed by atoms with E-state index < -0.39 is 0 Å². The topological polar surface area (TPSA) is 15.7 Å². The Morgan fingerprint density at radius 3 is 2.21 bits per heavy atom. The summed E-state index contributed by atoms with van der Waals surface area (Å²) in [5.74, 6) is 0.354. The molecule has 0 bridgehead atoms. The molecule has 1 atom stereocenters. The Labute approximate surface area is 170 Å². The van der Waals surface area contributed by atoms with Crippen molar-refractivity contribution in [1.82, 2.24) is 9.80 Å². The van der Waals surface area contributed by atoms with E-state index in [2.05, 4.69) is 15.9 Å². The molecular weight excluding hydrogens is 370 g/mol. The zero-order chi connectivity index (χ0) is 20.2. The molecule has 5 heteroatoms. The molecule has 0 aromatic heterocycles. The van der Waals surface area contributed by atoms with Crippen molar-refractivity contribution in [3.8, 4) is 5.75 Å². The van der Waals surface area contributed by atoms with Gasteiger partial charge < -0.3 is 4.74 Å². The number of halogens is 2. The second kappa shape index (κ2) is 8.72. The first kappa shape index (κ1) is 19.6. The van der Waals surface area contributed by atoms with Gasteiger partial charge in [0.05, 0.1) is 13.3 Å². The summed E-state index contributed by atoms with van der Waals surface area (Å²) >= 11 is 0. The molecule has 3 nitrogen and oxygen atoms in total. The van der Waals surface area contributed by atoms with Crippen LogP contribution in [0.5, 0.6) is 5.75 Å². The molecule has 4 rings (SSSR count). The van der Waals surface area contributed by atoms with Crippen LogP contribution in [0.15, 0.2) is 72.8 Å². The molecule has 1 aliphatic rings. The summed E-state index contributed by atoms with van der Waals surface area (Å²) in [6, 6.07) is 21.4. The predicted molar refractivity (Wildman–Crippen MR) is 109 cm³/mol. The van der Waals surface area contributed by atoms with E-state index in [1.165, 1.54) is 18.2 Å². The van der Waals surface area contributed by atoms with Gasteiger partial charge in [0.25, 0.3) is 0 Å². The number of hydrogen-bond acceptors (Lipinski definition) is 3. The lowest BCUT2D eigenvalue weighted by atomic mass is 10.1. The van der Waals surface area contributed by atoms with Crippen LogP contribution < -0.4 is 4.74 Å². The molecule has 0 aliphatic carbocycles. The molecule has 0 spiro atoms. The van der Waals surface area contributed by atoms with Crippen molar-refractivity contribution in [2.45, 2.75) is 19.3 Å². The number of rotatable bonds is 6. The first-order valence-corrected chi connectivity index (χ1v) is 9.74. The van der Waals surface area contributed by atoms with Gasteiger partial charge in [-0.15, -0.1) is 0 Å². The summed E-state index contributed by atoms with van der Waals surface area (Å²) < 4.78 is 33.3. The average molecular weight is 394 g/mol. The van der Waals surface area contributed by atoms with E-state index in [1.54, 1.807) is 25.3 Å². The number of methoxy groups -OCH3 is 1. The van der Waals surface area contributed by atoms with Gasteiger partial charge in [-0.05, 0) is 41.5 Å². The van der Waals surface area contributed by atoms with Crippen molar-refractivity contribution in [2.24, 2.45) is 0 Å². The summed E-state index contributed by atoms with van der Waals surface area (Å²) in [5, 5.41) is 0. The highest BCUT2D eigenvalue weighted by atomic mass is 19.1. The van der Waals surface area contributed by atoms with Crippen LogP contribution in [0, 0.1) is 11.6 Å². The Morgan fingerprint density at radius 2 is 1.52 bits per heavy atom. The molecule has 1 aliphatic heterocycles. The highest BCUT2D eigenvalue weighted by molar-refractivity contribution is 5.29. The third kappa shape index (κ3) is 4.47. The molecule has 29 heavy (non-hydrogen) atoms. The summed E-state index contributed by atoms with van der Waals surface area (Å²) in [6.45, 7) is 2.95. The molecule has 3 aromatic carbocycles. The number of benzene rings is 3. The lowest BCUT2D eigenvalue weighted by Crippen LogP contribution is -2.31.